The topological polar surface area (TPSA) is 22.6 Å². The summed E-state index contributed by atoms with van der Waals surface area (Å²) in [5.74, 6) is 0. The fourth-order valence-corrected chi connectivity index (χ4v) is 5.15. The van der Waals surface area contributed by atoms with Gasteiger partial charge in [0, 0.05) is 74.1 Å². The second-order valence-corrected chi connectivity index (χ2v) is 8.94. The highest BCUT2D eigenvalue weighted by molar-refractivity contribution is 6.31. The number of piperazine rings is 1. The molecule has 0 bridgehead atoms. The summed E-state index contributed by atoms with van der Waals surface area (Å²) in [4.78, 5) is 12.3. The van der Waals surface area contributed by atoms with Crippen molar-refractivity contribution in [3.8, 4) is 0 Å². The summed E-state index contributed by atoms with van der Waals surface area (Å²) in [5.41, 5.74) is 3.70. The number of hydrogen-bond acceptors (Lipinski definition) is 4. The van der Waals surface area contributed by atoms with E-state index in [1.807, 2.05) is 18.3 Å². The van der Waals surface area contributed by atoms with Gasteiger partial charge in [0.15, 0.2) is 0 Å². The van der Waals surface area contributed by atoms with E-state index in [0.29, 0.717) is 6.04 Å². The molecule has 2 aliphatic rings. The molecule has 0 unspecified atom stereocenters. The Balaban J connectivity index is 1.16. The first-order valence-corrected chi connectivity index (χ1v) is 11.4. The smallest absolute Gasteiger partial charge is 0.0737 e. The van der Waals surface area contributed by atoms with Gasteiger partial charge in [0.05, 0.1) is 5.52 Å². The summed E-state index contributed by atoms with van der Waals surface area (Å²) in [5, 5.41) is 1.95. The molecule has 2 saturated heterocycles. The van der Waals surface area contributed by atoms with Gasteiger partial charge in [0.25, 0.3) is 0 Å². The molecule has 5 rings (SSSR count). The Morgan fingerprint density at radius 2 is 1.63 bits per heavy atom. The number of aromatic nitrogens is 1. The maximum absolute atomic E-state index is 6.15. The standard InChI is InChI=1S/C25H29ClN4/c26-21-6-7-23-24(18-21)27-11-8-25(23)30-12-9-22(10-13-30)29-16-14-28(15-17-29)19-20-4-2-1-3-5-20/h1-8,11,18,22H,9-10,12-17,19H2. The summed E-state index contributed by atoms with van der Waals surface area (Å²) < 4.78 is 0. The number of halogens is 1. The summed E-state index contributed by atoms with van der Waals surface area (Å²) in [6.45, 7) is 8.01. The average molecular weight is 421 g/mol. The Morgan fingerprint density at radius 3 is 2.40 bits per heavy atom. The summed E-state index contributed by atoms with van der Waals surface area (Å²) in [6, 6.07) is 19.7. The quantitative estimate of drug-likeness (QED) is 0.611. The SMILES string of the molecule is Clc1ccc2c(N3CCC(N4CCN(Cc5ccccc5)CC4)CC3)ccnc2c1. The van der Waals surface area contributed by atoms with Crippen molar-refractivity contribution in [1.82, 2.24) is 14.8 Å². The Morgan fingerprint density at radius 1 is 0.867 bits per heavy atom. The van der Waals surface area contributed by atoms with E-state index in [-0.39, 0.29) is 0 Å². The van der Waals surface area contributed by atoms with Crippen LogP contribution in [0, 0.1) is 0 Å². The molecule has 0 saturated carbocycles. The van der Waals surface area contributed by atoms with Gasteiger partial charge in [-0.15, -0.1) is 0 Å². The largest absolute Gasteiger partial charge is 0.371 e. The second-order valence-electron chi connectivity index (χ2n) is 8.51. The molecule has 3 heterocycles. The number of pyridine rings is 1. The van der Waals surface area contributed by atoms with Crippen LogP contribution in [0.5, 0.6) is 0 Å². The van der Waals surface area contributed by atoms with Crippen molar-refractivity contribution in [2.45, 2.75) is 25.4 Å². The van der Waals surface area contributed by atoms with Gasteiger partial charge in [0.1, 0.15) is 0 Å². The van der Waals surface area contributed by atoms with Crippen LogP contribution in [0.25, 0.3) is 10.9 Å². The van der Waals surface area contributed by atoms with E-state index < -0.39 is 0 Å². The first-order valence-electron chi connectivity index (χ1n) is 11.1. The minimum absolute atomic E-state index is 0.711. The van der Waals surface area contributed by atoms with E-state index in [9.17, 15) is 0 Å². The predicted molar refractivity (Wildman–Crippen MR) is 125 cm³/mol. The zero-order chi connectivity index (χ0) is 20.3. The third-order valence-electron chi connectivity index (χ3n) is 6.66. The van der Waals surface area contributed by atoms with Crippen LogP contribution in [0.4, 0.5) is 5.69 Å². The number of piperidine rings is 1. The lowest BCUT2D eigenvalue weighted by Crippen LogP contribution is -2.53. The molecule has 2 aliphatic heterocycles. The molecule has 2 aromatic carbocycles. The normalized spacial score (nSPS) is 19.4. The highest BCUT2D eigenvalue weighted by Gasteiger charge is 2.28. The van der Waals surface area contributed by atoms with Crippen molar-refractivity contribution in [1.29, 1.82) is 0 Å². The van der Waals surface area contributed by atoms with Gasteiger partial charge in [-0.05, 0) is 42.7 Å². The van der Waals surface area contributed by atoms with E-state index in [2.05, 4.69) is 62.1 Å². The van der Waals surface area contributed by atoms with Crippen LogP contribution in [-0.4, -0.2) is 60.1 Å². The molecule has 0 atom stereocenters. The van der Waals surface area contributed by atoms with Gasteiger partial charge in [0.2, 0.25) is 0 Å². The highest BCUT2D eigenvalue weighted by atomic mass is 35.5. The molecule has 0 radical (unpaired) electrons. The number of hydrogen-bond donors (Lipinski definition) is 0. The van der Waals surface area contributed by atoms with Crippen molar-refractivity contribution in [2.75, 3.05) is 44.2 Å². The molecule has 2 fully saturated rings. The number of fused-ring (bicyclic) bond motifs is 1. The zero-order valence-corrected chi connectivity index (χ0v) is 18.1. The maximum atomic E-state index is 6.15. The van der Waals surface area contributed by atoms with Crippen LogP contribution in [0.2, 0.25) is 5.02 Å². The molecule has 0 N–H and O–H groups in total. The molecule has 1 aromatic heterocycles. The molecule has 156 valence electrons. The first-order chi connectivity index (χ1) is 14.8. The third kappa shape index (κ3) is 4.31. The second kappa shape index (κ2) is 8.93. The van der Waals surface area contributed by atoms with E-state index in [1.54, 1.807) is 0 Å². The summed E-state index contributed by atoms with van der Waals surface area (Å²) in [7, 11) is 0. The first kappa shape index (κ1) is 19.8. The van der Waals surface area contributed by atoms with Crippen LogP contribution >= 0.6 is 11.6 Å². The van der Waals surface area contributed by atoms with Crippen molar-refractivity contribution in [3.05, 3.63) is 71.4 Å². The predicted octanol–water partition coefficient (Wildman–Crippen LogP) is 4.67. The minimum atomic E-state index is 0.711. The van der Waals surface area contributed by atoms with Crippen molar-refractivity contribution in [3.63, 3.8) is 0 Å². The van der Waals surface area contributed by atoms with E-state index in [4.69, 9.17) is 11.6 Å². The number of anilines is 1. The molecule has 0 spiro atoms. The highest BCUT2D eigenvalue weighted by Crippen LogP contribution is 2.30. The zero-order valence-electron chi connectivity index (χ0n) is 17.4. The molecular weight excluding hydrogens is 392 g/mol. The number of rotatable bonds is 4. The fourth-order valence-electron chi connectivity index (χ4n) is 4.98. The van der Waals surface area contributed by atoms with Gasteiger partial charge in [-0.25, -0.2) is 0 Å². The molecule has 30 heavy (non-hydrogen) atoms. The van der Waals surface area contributed by atoms with Crippen LogP contribution in [0.1, 0.15) is 18.4 Å². The summed E-state index contributed by atoms with van der Waals surface area (Å²) in [6.07, 6.45) is 4.37. The van der Waals surface area contributed by atoms with Gasteiger partial charge in [-0.2, -0.15) is 0 Å². The van der Waals surface area contributed by atoms with Gasteiger partial charge in [-0.3, -0.25) is 14.8 Å². The summed E-state index contributed by atoms with van der Waals surface area (Å²) >= 11 is 6.15. The lowest BCUT2D eigenvalue weighted by molar-refractivity contribution is 0.0812. The van der Waals surface area contributed by atoms with Gasteiger partial charge < -0.3 is 4.90 Å². The number of nitrogens with zero attached hydrogens (tertiary/aromatic N) is 4. The van der Waals surface area contributed by atoms with Gasteiger partial charge >= 0.3 is 0 Å². The lowest BCUT2D eigenvalue weighted by atomic mass is 10.0. The van der Waals surface area contributed by atoms with Crippen LogP contribution < -0.4 is 4.90 Å². The van der Waals surface area contributed by atoms with Crippen LogP contribution in [-0.2, 0) is 6.54 Å². The van der Waals surface area contributed by atoms with Crippen LogP contribution in [0.3, 0.4) is 0 Å². The van der Waals surface area contributed by atoms with Crippen molar-refractivity contribution >= 4 is 28.2 Å². The molecule has 4 nitrogen and oxygen atoms in total. The van der Waals surface area contributed by atoms with E-state index in [1.165, 1.54) is 55.7 Å². The molecule has 5 heteroatoms. The molecule has 0 amide bonds. The third-order valence-corrected chi connectivity index (χ3v) is 6.89. The maximum Gasteiger partial charge on any atom is 0.0737 e. The van der Waals surface area contributed by atoms with Gasteiger partial charge in [-0.1, -0.05) is 41.9 Å². The van der Waals surface area contributed by atoms with Crippen LogP contribution in [0.15, 0.2) is 60.8 Å². The van der Waals surface area contributed by atoms with E-state index in [0.717, 1.165) is 30.2 Å². The Bertz CT molecular complexity index is 977. The van der Waals surface area contributed by atoms with Crippen molar-refractivity contribution in [2.24, 2.45) is 0 Å². The average Bonchev–Trinajstić information content (AvgIpc) is 2.80. The van der Waals surface area contributed by atoms with E-state index >= 15 is 0 Å². The lowest BCUT2D eigenvalue weighted by Gasteiger charge is -2.43. The molecule has 3 aromatic rings. The number of benzene rings is 2. The Labute approximate surface area is 184 Å². The minimum Gasteiger partial charge on any atom is -0.371 e. The Hall–Kier alpha value is -2.14. The van der Waals surface area contributed by atoms with Crippen molar-refractivity contribution < 1.29 is 0 Å². The fraction of sp³-hybridized carbons (Fsp3) is 0.400. The molecule has 0 aliphatic carbocycles. The monoisotopic (exact) mass is 420 g/mol. The Kier molecular flexibility index (Phi) is 5.89. The molecular formula is C25H29ClN4.